The van der Waals surface area contributed by atoms with Crippen molar-refractivity contribution in [3.05, 3.63) is 46.9 Å². The van der Waals surface area contributed by atoms with E-state index in [2.05, 4.69) is 12.2 Å². The highest BCUT2D eigenvalue weighted by atomic mass is 16.1. The van der Waals surface area contributed by atoms with Gasteiger partial charge in [-0.1, -0.05) is 31.5 Å². The van der Waals surface area contributed by atoms with Gasteiger partial charge in [0.05, 0.1) is 0 Å². The summed E-state index contributed by atoms with van der Waals surface area (Å²) in [5, 5.41) is 5.07. The zero-order valence-electron chi connectivity index (χ0n) is 11.0. The Morgan fingerprint density at radius 3 is 2.78 bits per heavy atom. The van der Waals surface area contributed by atoms with Gasteiger partial charge in [-0.25, -0.2) is 0 Å². The van der Waals surface area contributed by atoms with Crippen LogP contribution in [0.25, 0.3) is 10.8 Å². The Morgan fingerprint density at radius 2 is 2.06 bits per heavy atom. The molecule has 0 saturated heterocycles. The molecule has 0 fully saturated rings. The Balaban J connectivity index is 2.34. The van der Waals surface area contributed by atoms with Crippen LogP contribution >= 0.6 is 0 Å². The minimum absolute atomic E-state index is 0.101. The molecule has 2 rings (SSSR count). The maximum absolute atomic E-state index is 12.3. The summed E-state index contributed by atoms with van der Waals surface area (Å²) >= 11 is 0. The van der Waals surface area contributed by atoms with Crippen LogP contribution in [0.2, 0.25) is 0 Å². The Hall–Kier alpha value is -1.61. The van der Waals surface area contributed by atoms with Crippen molar-refractivity contribution in [1.29, 1.82) is 0 Å². The minimum Gasteiger partial charge on any atom is -0.315 e. The van der Waals surface area contributed by atoms with Gasteiger partial charge in [0.15, 0.2) is 0 Å². The van der Waals surface area contributed by atoms with E-state index in [1.54, 1.807) is 4.57 Å². The van der Waals surface area contributed by atoms with E-state index >= 15 is 0 Å². The Bertz CT molecular complexity index is 574. The number of nitrogens with one attached hydrogen (secondary N) is 1. The maximum Gasteiger partial charge on any atom is 0.258 e. The number of hydrogen-bond acceptors (Lipinski definition) is 2. The number of fused-ring (bicyclic) bond motifs is 1. The molecule has 0 bridgehead atoms. The van der Waals surface area contributed by atoms with Gasteiger partial charge in [-0.15, -0.1) is 0 Å². The van der Waals surface area contributed by atoms with Crippen molar-refractivity contribution >= 4 is 10.8 Å². The summed E-state index contributed by atoms with van der Waals surface area (Å²) in [4.78, 5) is 12.3. The molecule has 0 aliphatic rings. The molecule has 3 nitrogen and oxygen atoms in total. The van der Waals surface area contributed by atoms with E-state index in [9.17, 15) is 4.79 Å². The van der Waals surface area contributed by atoms with Crippen molar-refractivity contribution in [1.82, 2.24) is 9.88 Å². The van der Waals surface area contributed by atoms with Crippen LogP contribution in [-0.2, 0) is 6.54 Å². The van der Waals surface area contributed by atoms with Gasteiger partial charge in [0, 0.05) is 24.2 Å². The van der Waals surface area contributed by atoms with Crippen molar-refractivity contribution in [3.8, 4) is 0 Å². The monoisotopic (exact) mass is 244 g/mol. The Kier molecular flexibility index (Phi) is 4.15. The number of nitrogens with zero attached hydrogens (tertiary/aromatic N) is 1. The van der Waals surface area contributed by atoms with Crippen LogP contribution in [0.5, 0.6) is 0 Å². The molecular formula is C15H20N2O. The largest absolute Gasteiger partial charge is 0.315 e. The number of aromatic nitrogens is 1. The maximum atomic E-state index is 12.3. The number of benzene rings is 1. The first kappa shape index (κ1) is 12.8. The molecule has 18 heavy (non-hydrogen) atoms. The van der Waals surface area contributed by atoms with Gasteiger partial charge in [-0.2, -0.15) is 0 Å². The molecule has 1 N–H and O–H groups in total. The molecule has 1 aromatic carbocycles. The summed E-state index contributed by atoms with van der Waals surface area (Å²) in [5.74, 6) is 0. The second-order valence-electron chi connectivity index (χ2n) is 4.63. The summed E-state index contributed by atoms with van der Waals surface area (Å²) in [5.41, 5.74) is 0.101. The molecule has 1 unspecified atom stereocenters. The Morgan fingerprint density at radius 1 is 1.28 bits per heavy atom. The number of likely N-dealkylation sites (N-methyl/N-ethyl adjacent to an activating group) is 1. The van der Waals surface area contributed by atoms with Crippen LogP contribution in [0.15, 0.2) is 41.3 Å². The minimum atomic E-state index is 0.101. The predicted molar refractivity (Wildman–Crippen MR) is 76.0 cm³/mol. The number of pyridine rings is 1. The average Bonchev–Trinajstić information content (AvgIpc) is 2.41. The molecule has 96 valence electrons. The van der Waals surface area contributed by atoms with Crippen molar-refractivity contribution < 1.29 is 0 Å². The molecule has 2 aromatic rings. The molecule has 0 saturated carbocycles. The third kappa shape index (κ3) is 2.62. The number of hydrogen-bond donors (Lipinski definition) is 1. The van der Waals surface area contributed by atoms with Crippen molar-refractivity contribution in [2.45, 2.75) is 32.4 Å². The van der Waals surface area contributed by atoms with Gasteiger partial charge < -0.3 is 9.88 Å². The van der Waals surface area contributed by atoms with E-state index in [4.69, 9.17) is 0 Å². The first-order valence-corrected chi connectivity index (χ1v) is 6.51. The fourth-order valence-electron chi connectivity index (χ4n) is 2.29. The second kappa shape index (κ2) is 5.83. The van der Waals surface area contributed by atoms with Gasteiger partial charge in [0.2, 0.25) is 0 Å². The van der Waals surface area contributed by atoms with Crippen molar-refractivity contribution in [2.24, 2.45) is 0 Å². The van der Waals surface area contributed by atoms with Gasteiger partial charge in [-0.3, -0.25) is 4.79 Å². The van der Waals surface area contributed by atoms with Crippen LogP contribution in [0.4, 0.5) is 0 Å². The van der Waals surface area contributed by atoms with Crippen LogP contribution in [0.3, 0.4) is 0 Å². The van der Waals surface area contributed by atoms with Crippen molar-refractivity contribution in [3.63, 3.8) is 0 Å². The molecule has 3 heteroatoms. The van der Waals surface area contributed by atoms with Crippen LogP contribution < -0.4 is 10.9 Å². The van der Waals surface area contributed by atoms with Crippen molar-refractivity contribution in [2.75, 3.05) is 7.05 Å². The molecule has 0 aliphatic carbocycles. The SMILES string of the molecule is CCCC(Cn1ccc2ccccc2c1=O)NC. The van der Waals surface area contributed by atoms with E-state index in [1.807, 2.05) is 43.6 Å². The van der Waals surface area contributed by atoms with Crippen LogP contribution in [0, 0.1) is 0 Å². The summed E-state index contributed by atoms with van der Waals surface area (Å²) in [6.45, 7) is 2.89. The fraction of sp³-hybridized carbons (Fsp3) is 0.400. The first-order chi connectivity index (χ1) is 8.76. The second-order valence-corrected chi connectivity index (χ2v) is 4.63. The van der Waals surface area contributed by atoms with E-state index < -0.39 is 0 Å². The number of rotatable bonds is 5. The average molecular weight is 244 g/mol. The summed E-state index contributed by atoms with van der Waals surface area (Å²) in [7, 11) is 1.95. The highest BCUT2D eigenvalue weighted by Gasteiger charge is 2.08. The first-order valence-electron chi connectivity index (χ1n) is 6.51. The fourth-order valence-corrected chi connectivity index (χ4v) is 2.29. The molecule has 0 aliphatic heterocycles. The highest BCUT2D eigenvalue weighted by molar-refractivity contribution is 5.81. The van der Waals surface area contributed by atoms with E-state index in [1.165, 1.54) is 0 Å². The quantitative estimate of drug-likeness (QED) is 0.876. The standard InChI is InChI=1S/C15H20N2O/c1-3-6-13(16-2)11-17-10-9-12-7-4-5-8-14(12)15(17)18/h4-5,7-10,13,16H,3,6,11H2,1-2H3. The third-order valence-corrected chi connectivity index (χ3v) is 3.35. The van der Waals surface area contributed by atoms with Gasteiger partial charge in [-0.05, 0) is 31.0 Å². The van der Waals surface area contributed by atoms with Crippen LogP contribution in [-0.4, -0.2) is 17.7 Å². The molecule has 1 atom stereocenters. The van der Waals surface area contributed by atoms with Gasteiger partial charge >= 0.3 is 0 Å². The Labute approximate surface area is 107 Å². The molecule has 0 radical (unpaired) electrons. The summed E-state index contributed by atoms with van der Waals surface area (Å²) in [6, 6.07) is 10.1. The molecular weight excluding hydrogens is 224 g/mol. The molecule has 1 heterocycles. The van der Waals surface area contributed by atoms with E-state index in [-0.39, 0.29) is 5.56 Å². The lowest BCUT2D eigenvalue weighted by Gasteiger charge is -2.17. The zero-order valence-corrected chi connectivity index (χ0v) is 11.0. The van der Waals surface area contributed by atoms with Gasteiger partial charge in [0.25, 0.3) is 5.56 Å². The van der Waals surface area contributed by atoms with E-state index in [0.29, 0.717) is 6.04 Å². The summed E-state index contributed by atoms with van der Waals surface area (Å²) in [6.07, 6.45) is 4.09. The highest BCUT2D eigenvalue weighted by Crippen LogP contribution is 2.08. The summed E-state index contributed by atoms with van der Waals surface area (Å²) < 4.78 is 1.80. The zero-order chi connectivity index (χ0) is 13.0. The molecule has 0 amide bonds. The smallest absolute Gasteiger partial charge is 0.258 e. The topological polar surface area (TPSA) is 34.0 Å². The molecule has 0 spiro atoms. The van der Waals surface area contributed by atoms with E-state index in [0.717, 1.165) is 30.2 Å². The third-order valence-electron chi connectivity index (χ3n) is 3.35. The lowest BCUT2D eigenvalue weighted by molar-refractivity contribution is 0.444. The lowest BCUT2D eigenvalue weighted by atomic mass is 10.1. The van der Waals surface area contributed by atoms with Gasteiger partial charge in [0.1, 0.15) is 0 Å². The normalized spacial score (nSPS) is 12.8. The van der Waals surface area contributed by atoms with Crippen LogP contribution in [0.1, 0.15) is 19.8 Å². The lowest BCUT2D eigenvalue weighted by Crippen LogP contribution is -2.34. The predicted octanol–water partition coefficient (Wildman–Crippen LogP) is 2.39. The molecule has 1 aromatic heterocycles.